The molecule has 1 saturated heterocycles. The van der Waals surface area contributed by atoms with E-state index < -0.39 is 5.60 Å². The smallest absolute Gasteiger partial charge is 0.275 e. The van der Waals surface area contributed by atoms with Gasteiger partial charge in [-0.3, -0.25) is 4.79 Å². The largest absolute Gasteiger partial charge is 0.385 e. The molecule has 0 radical (unpaired) electrons. The minimum atomic E-state index is -1.00. The number of aromatic nitrogens is 4. The molecule has 1 aliphatic heterocycles. The van der Waals surface area contributed by atoms with Crippen molar-refractivity contribution in [2.45, 2.75) is 49.9 Å². The third kappa shape index (κ3) is 4.76. The van der Waals surface area contributed by atoms with E-state index in [0.29, 0.717) is 31.7 Å². The van der Waals surface area contributed by atoms with Gasteiger partial charge in [-0.25, -0.2) is 9.97 Å². The number of imidazole rings is 2. The molecular weight excluding hydrogens is 444 g/mol. The highest BCUT2D eigenvalue weighted by Gasteiger charge is 2.42. The Kier molecular flexibility index (Phi) is 6.99. The third-order valence-corrected chi connectivity index (χ3v) is 7.32. The Morgan fingerprint density at radius 2 is 2.11 bits per heavy atom. The minimum Gasteiger partial charge on any atom is -0.385 e. The first-order valence-corrected chi connectivity index (χ1v) is 12.4. The Bertz CT molecular complexity index is 1110. The van der Waals surface area contributed by atoms with Crippen LogP contribution in [0.15, 0.2) is 55.4 Å². The molecule has 0 spiro atoms. The van der Waals surface area contributed by atoms with Crippen LogP contribution in [0.1, 0.15) is 42.2 Å². The van der Waals surface area contributed by atoms with Crippen molar-refractivity contribution in [3.8, 4) is 11.3 Å². The van der Waals surface area contributed by atoms with Crippen molar-refractivity contribution < 1.29 is 14.6 Å². The van der Waals surface area contributed by atoms with E-state index in [9.17, 15) is 9.90 Å². The average Bonchev–Trinajstić information content (AvgIpc) is 3.55. The maximum Gasteiger partial charge on any atom is 0.275 e. The van der Waals surface area contributed by atoms with Gasteiger partial charge in [0, 0.05) is 51.2 Å². The summed E-state index contributed by atoms with van der Waals surface area (Å²) >= 11 is 0. The number of hydrogen-bond acceptors (Lipinski definition) is 6. The van der Waals surface area contributed by atoms with Crippen LogP contribution in [0.3, 0.4) is 0 Å². The van der Waals surface area contributed by atoms with Crippen LogP contribution >= 0.6 is 0 Å². The fraction of sp³-hybridized carbons (Fsp3) is 0.500. The molecule has 2 fully saturated rings. The highest BCUT2D eigenvalue weighted by Crippen LogP contribution is 2.41. The summed E-state index contributed by atoms with van der Waals surface area (Å²) in [7, 11) is 1.62. The monoisotopic (exact) mass is 478 g/mol. The number of nitrogens with one attached hydrogen (secondary N) is 1. The maximum absolute atomic E-state index is 14.0. The number of rotatable bonds is 7. The zero-order valence-corrected chi connectivity index (χ0v) is 20.2. The zero-order chi connectivity index (χ0) is 24.3. The van der Waals surface area contributed by atoms with Gasteiger partial charge >= 0.3 is 0 Å². The number of amides is 1. The number of carbonyl (C=O) groups excluding carboxylic acids is 1. The molecule has 1 saturated carbocycles. The Morgan fingerprint density at radius 1 is 1.26 bits per heavy atom. The predicted molar refractivity (Wildman–Crippen MR) is 132 cm³/mol. The lowest BCUT2D eigenvalue weighted by Gasteiger charge is -2.41. The third-order valence-electron chi connectivity index (χ3n) is 7.32. The minimum absolute atomic E-state index is 0.0145. The molecule has 3 heterocycles. The second-order valence-electron chi connectivity index (χ2n) is 9.63. The zero-order valence-electron chi connectivity index (χ0n) is 20.2. The summed E-state index contributed by atoms with van der Waals surface area (Å²) in [5.74, 6) is -0.0830. The summed E-state index contributed by atoms with van der Waals surface area (Å²) in [5.41, 5.74) is 1.10. The van der Waals surface area contributed by atoms with E-state index in [0.717, 1.165) is 37.1 Å². The Morgan fingerprint density at radius 3 is 2.89 bits per heavy atom. The molecule has 2 aromatic heterocycles. The molecule has 3 aromatic rings. The quantitative estimate of drug-likeness (QED) is 0.541. The molecule has 186 valence electrons. The van der Waals surface area contributed by atoms with Crippen LogP contribution in [0, 0.1) is 0 Å². The number of benzene rings is 1. The standard InChI is InChI=1S/C26H34N6O3/c1-35-17-26(34)10-6-5-9-22(26)32-19-29-23(24(32)20-7-3-2-4-8-20)25(33)31-14-12-27-15-21(31)16-30-13-11-28-18-30/h2-4,7-8,11,13,18-19,21-22,27,34H,5-6,9-10,12,14-17H2,1H3/t21-,22+,26+/m0/s1. The molecule has 5 rings (SSSR count). The van der Waals surface area contributed by atoms with Crippen LogP contribution in [-0.4, -0.2) is 80.0 Å². The van der Waals surface area contributed by atoms with Crippen LogP contribution < -0.4 is 5.32 Å². The molecule has 3 atom stereocenters. The topological polar surface area (TPSA) is 97.4 Å². The van der Waals surface area contributed by atoms with E-state index >= 15 is 0 Å². The fourth-order valence-electron chi connectivity index (χ4n) is 5.62. The van der Waals surface area contributed by atoms with Gasteiger partial charge in [0.1, 0.15) is 5.60 Å². The Balaban J connectivity index is 1.54. The molecule has 2 aliphatic rings. The highest BCUT2D eigenvalue weighted by atomic mass is 16.5. The SMILES string of the molecule is COC[C@]1(O)CCCC[C@H]1n1cnc(C(=O)N2CCNC[C@H]2Cn2ccnc2)c1-c1ccccc1. The van der Waals surface area contributed by atoms with Gasteiger partial charge in [-0.15, -0.1) is 0 Å². The number of carbonyl (C=O) groups is 1. The molecule has 9 nitrogen and oxygen atoms in total. The van der Waals surface area contributed by atoms with Gasteiger partial charge in [0.05, 0.1) is 37.0 Å². The number of ether oxygens (including phenoxy) is 1. The van der Waals surface area contributed by atoms with E-state index in [-0.39, 0.29) is 24.6 Å². The number of methoxy groups -OCH3 is 1. The summed E-state index contributed by atoms with van der Waals surface area (Å²) in [6.45, 7) is 2.97. The maximum atomic E-state index is 14.0. The van der Waals surface area contributed by atoms with Crippen molar-refractivity contribution in [1.29, 1.82) is 0 Å². The molecule has 1 aromatic carbocycles. The molecular formula is C26H34N6O3. The summed E-state index contributed by atoms with van der Waals surface area (Å²) < 4.78 is 9.44. The van der Waals surface area contributed by atoms with Crippen molar-refractivity contribution >= 4 is 5.91 Å². The Hall–Kier alpha value is -3.01. The van der Waals surface area contributed by atoms with Crippen molar-refractivity contribution in [2.75, 3.05) is 33.4 Å². The van der Waals surface area contributed by atoms with Crippen LogP contribution in [0.5, 0.6) is 0 Å². The fourth-order valence-corrected chi connectivity index (χ4v) is 5.62. The summed E-state index contributed by atoms with van der Waals surface area (Å²) in [6.07, 6.45) is 10.6. The lowest BCUT2D eigenvalue weighted by atomic mass is 9.80. The van der Waals surface area contributed by atoms with Gasteiger partial charge < -0.3 is 29.2 Å². The van der Waals surface area contributed by atoms with Gasteiger partial charge in [-0.2, -0.15) is 0 Å². The second kappa shape index (κ2) is 10.3. The van der Waals surface area contributed by atoms with Gasteiger partial charge in [0.25, 0.3) is 5.91 Å². The highest BCUT2D eigenvalue weighted by molar-refractivity contribution is 5.98. The van der Waals surface area contributed by atoms with Crippen LogP contribution in [-0.2, 0) is 11.3 Å². The summed E-state index contributed by atoms with van der Waals surface area (Å²) in [4.78, 5) is 24.8. The van der Waals surface area contributed by atoms with Gasteiger partial charge in [0.2, 0.25) is 0 Å². The molecule has 0 unspecified atom stereocenters. The number of piperazine rings is 1. The van der Waals surface area contributed by atoms with Crippen LogP contribution in [0.2, 0.25) is 0 Å². The molecule has 2 N–H and O–H groups in total. The number of nitrogens with zero attached hydrogens (tertiary/aromatic N) is 5. The van der Waals surface area contributed by atoms with Crippen molar-refractivity contribution in [2.24, 2.45) is 0 Å². The molecule has 1 aliphatic carbocycles. The molecule has 0 bridgehead atoms. The summed E-state index contributed by atoms with van der Waals surface area (Å²) in [6, 6.07) is 9.67. The van der Waals surface area contributed by atoms with E-state index in [1.807, 2.05) is 50.6 Å². The molecule has 1 amide bonds. The molecule has 35 heavy (non-hydrogen) atoms. The van der Waals surface area contributed by atoms with Crippen molar-refractivity contribution in [3.05, 3.63) is 61.1 Å². The van der Waals surface area contributed by atoms with E-state index in [1.165, 1.54) is 0 Å². The normalized spacial score (nSPS) is 25.0. The van der Waals surface area contributed by atoms with Gasteiger partial charge in [-0.1, -0.05) is 43.2 Å². The Labute approximate surface area is 205 Å². The van der Waals surface area contributed by atoms with E-state index in [4.69, 9.17) is 4.74 Å². The number of aliphatic hydroxyl groups is 1. The van der Waals surface area contributed by atoms with Crippen molar-refractivity contribution in [1.82, 2.24) is 29.3 Å². The van der Waals surface area contributed by atoms with Gasteiger partial charge in [-0.05, 0) is 12.8 Å². The second-order valence-corrected chi connectivity index (χ2v) is 9.63. The predicted octanol–water partition coefficient (Wildman–Crippen LogP) is 2.35. The first-order chi connectivity index (χ1) is 17.1. The molecule has 9 heteroatoms. The van der Waals surface area contributed by atoms with Crippen LogP contribution in [0.25, 0.3) is 11.3 Å². The first-order valence-electron chi connectivity index (χ1n) is 12.4. The van der Waals surface area contributed by atoms with E-state index in [2.05, 4.69) is 15.3 Å². The lowest BCUT2D eigenvalue weighted by molar-refractivity contribution is -0.0893. The lowest BCUT2D eigenvalue weighted by Crippen LogP contribution is -2.55. The van der Waals surface area contributed by atoms with Crippen LogP contribution in [0.4, 0.5) is 0 Å². The van der Waals surface area contributed by atoms with Gasteiger partial charge in [0.15, 0.2) is 5.69 Å². The van der Waals surface area contributed by atoms with Crippen molar-refractivity contribution in [3.63, 3.8) is 0 Å². The number of hydrogen-bond donors (Lipinski definition) is 2. The van der Waals surface area contributed by atoms with E-state index in [1.54, 1.807) is 26.0 Å². The first kappa shape index (κ1) is 23.7. The summed E-state index contributed by atoms with van der Waals surface area (Å²) in [5, 5.41) is 15.0. The average molecular weight is 479 g/mol.